The molecule has 13 heteroatoms. The number of halogens is 3. The zero-order chi connectivity index (χ0) is 25.7. The van der Waals surface area contributed by atoms with Gasteiger partial charge in [0.25, 0.3) is 0 Å². The van der Waals surface area contributed by atoms with E-state index >= 15 is 0 Å². The van der Waals surface area contributed by atoms with Gasteiger partial charge in [0, 0.05) is 22.9 Å². The summed E-state index contributed by atoms with van der Waals surface area (Å²) in [6.45, 7) is 4.68. The highest BCUT2D eigenvalue weighted by atomic mass is 35.5. The fraction of sp³-hybridized carbons (Fsp3) is 0.364. The zero-order valence-corrected chi connectivity index (χ0v) is 21.2. The van der Waals surface area contributed by atoms with Crippen molar-refractivity contribution >= 4 is 33.2 Å². The second-order valence-electron chi connectivity index (χ2n) is 8.53. The van der Waals surface area contributed by atoms with Gasteiger partial charge < -0.3 is 14.3 Å². The Morgan fingerprint density at radius 2 is 1.94 bits per heavy atom. The minimum absolute atomic E-state index is 0.0645. The summed E-state index contributed by atoms with van der Waals surface area (Å²) in [5.41, 5.74) is -0.754. The molecule has 3 aromatic rings. The van der Waals surface area contributed by atoms with E-state index in [2.05, 4.69) is 14.9 Å². The van der Waals surface area contributed by atoms with E-state index in [1.54, 1.807) is 6.92 Å². The summed E-state index contributed by atoms with van der Waals surface area (Å²) in [6, 6.07) is 3.87. The molecule has 1 aliphatic heterocycles. The smallest absolute Gasteiger partial charge is 0.434 e. The monoisotopic (exact) mass is 545 g/mol. The Kier molecular flexibility index (Phi) is 6.75. The number of fused-ring (bicyclic) bond motifs is 1. The molecule has 0 saturated carbocycles. The summed E-state index contributed by atoms with van der Waals surface area (Å²) < 4.78 is 54.7. The van der Waals surface area contributed by atoms with Gasteiger partial charge in [-0.2, -0.15) is 4.72 Å². The first-order valence-electron chi connectivity index (χ1n) is 10.5. The van der Waals surface area contributed by atoms with Crippen molar-refractivity contribution in [1.29, 1.82) is 0 Å². The lowest BCUT2D eigenvalue weighted by Gasteiger charge is -2.33. The van der Waals surface area contributed by atoms with E-state index in [1.807, 2.05) is 0 Å². The molecule has 0 aliphatic carbocycles. The molecule has 9 nitrogen and oxygen atoms in total. The maximum Gasteiger partial charge on any atom is 0.434 e. The minimum atomic E-state index is -4.39. The van der Waals surface area contributed by atoms with Crippen molar-refractivity contribution in [2.24, 2.45) is 0 Å². The van der Waals surface area contributed by atoms with E-state index < -0.39 is 39.2 Å². The first kappa shape index (κ1) is 25.6. The molecule has 188 valence electrons. The Bertz CT molecular complexity index is 1450. The van der Waals surface area contributed by atoms with Crippen molar-refractivity contribution in [2.45, 2.75) is 49.6 Å². The molecule has 1 aromatic heterocycles. The average Bonchev–Trinajstić information content (AvgIpc) is 3.20. The number of nitrogens with one attached hydrogen (secondary N) is 2. The highest BCUT2D eigenvalue weighted by molar-refractivity contribution is 7.89. The molecule has 2 aromatic carbocycles. The largest absolute Gasteiger partial charge is 0.492 e. The average molecular weight is 546 g/mol. The highest BCUT2D eigenvalue weighted by Crippen LogP contribution is 2.45. The maximum absolute atomic E-state index is 14.3. The summed E-state index contributed by atoms with van der Waals surface area (Å²) in [5.74, 6) is -2.63. The summed E-state index contributed by atoms with van der Waals surface area (Å²) in [5, 5.41) is 17.0. The van der Waals surface area contributed by atoms with Crippen molar-refractivity contribution in [3.05, 3.63) is 73.3 Å². The Balaban J connectivity index is 1.84. The van der Waals surface area contributed by atoms with Crippen LogP contribution in [0.15, 0.2) is 38.4 Å². The third-order valence-electron chi connectivity index (χ3n) is 6.09. The van der Waals surface area contributed by atoms with Gasteiger partial charge in [0.2, 0.25) is 15.9 Å². The zero-order valence-electron chi connectivity index (χ0n) is 18.9. The number of nitrogens with zero attached hydrogens (tertiary/aromatic N) is 1. The van der Waals surface area contributed by atoms with E-state index in [4.69, 9.17) is 32.4 Å². The molecule has 3 atom stereocenters. The van der Waals surface area contributed by atoms with Gasteiger partial charge in [-0.05, 0) is 49.2 Å². The lowest BCUT2D eigenvalue weighted by Crippen LogP contribution is -2.35. The van der Waals surface area contributed by atoms with Crippen LogP contribution in [-0.4, -0.2) is 30.3 Å². The molecule has 3 N–H and O–H groups in total. The SMILES string of the molecule is Cc1c(F)ccc(Cl)c1C(C)C(NS(=O)(=O)c1ccc(Cl)c2c1OCCC2(C)O)c1n[nH]c(=O)o1. The van der Waals surface area contributed by atoms with Crippen LogP contribution < -0.4 is 15.2 Å². The fourth-order valence-electron chi connectivity index (χ4n) is 4.24. The predicted molar refractivity (Wildman–Crippen MR) is 126 cm³/mol. The Morgan fingerprint density at radius 3 is 2.60 bits per heavy atom. The number of ether oxygens (including phenoxy) is 1. The van der Waals surface area contributed by atoms with Crippen LogP contribution in [0.2, 0.25) is 10.0 Å². The fourth-order valence-corrected chi connectivity index (χ4v) is 6.39. The summed E-state index contributed by atoms with van der Waals surface area (Å²) >= 11 is 12.6. The first-order valence-corrected chi connectivity index (χ1v) is 12.8. The van der Waals surface area contributed by atoms with Gasteiger partial charge in [-0.15, -0.1) is 5.10 Å². The van der Waals surface area contributed by atoms with Crippen molar-refractivity contribution in [1.82, 2.24) is 14.9 Å². The normalized spacial score (nSPS) is 19.6. The number of hydrogen-bond acceptors (Lipinski definition) is 7. The third-order valence-corrected chi connectivity index (χ3v) is 8.20. The molecular weight excluding hydrogens is 524 g/mol. The van der Waals surface area contributed by atoms with Gasteiger partial charge in [0.15, 0.2) is 0 Å². The lowest BCUT2D eigenvalue weighted by atomic mass is 9.90. The minimum Gasteiger partial charge on any atom is -0.492 e. The molecule has 0 amide bonds. The quantitative estimate of drug-likeness (QED) is 0.427. The van der Waals surface area contributed by atoms with Gasteiger partial charge in [0.1, 0.15) is 22.5 Å². The van der Waals surface area contributed by atoms with Crippen molar-refractivity contribution in [3.63, 3.8) is 0 Å². The van der Waals surface area contributed by atoms with Crippen LogP contribution in [0.25, 0.3) is 0 Å². The summed E-state index contributed by atoms with van der Waals surface area (Å²) in [7, 11) is -4.39. The number of sulfonamides is 1. The number of aliphatic hydroxyl groups is 1. The van der Waals surface area contributed by atoms with Gasteiger partial charge >= 0.3 is 5.76 Å². The molecule has 4 rings (SSSR count). The molecule has 0 bridgehead atoms. The predicted octanol–water partition coefficient (Wildman–Crippen LogP) is 3.93. The van der Waals surface area contributed by atoms with Crippen LogP contribution in [0.5, 0.6) is 5.75 Å². The van der Waals surface area contributed by atoms with Crippen LogP contribution in [0.4, 0.5) is 4.39 Å². The molecule has 2 heterocycles. The van der Waals surface area contributed by atoms with E-state index in [0.29, 0.717) is 5.56 Å². The van der Waals surface area contributed by atoms with Gasteiger partial charge in [0.05, 0.1) is 17.2 Å². The molecule has 35 heavy (non-hydrogen) atoms. The van der Waals surface area contributed by atoms with Crippen LogP contribution in [0.3, 0.4) is 0 Å². The standard InChI is InChI=1S/C22H22Cl2FN3O6S/c1-10-14(25)6-4-12(23)16(10)11(2)18(20-26-27-21(29)34-20)28-35(31,32)15-7-5-13(24)17-19(15)33-9-8-22(17,3)30/h4-7,11,18,28,30H,8-9H2,1-3H3,(H,27,29). The molecule has 0 saturated heterocycles. The van der Waals surface area contributed by atoms with E-state index in [0.717, 1.165) is 0 Å². The second-order valence-corrected chi connectivity index (χ2v) is 11.0. The van der Waals surface area contributed by atoms with Crippen molar-refractivity contribution in [2.75, 3.05) is 6.61 Å². The molecule has 0 fully saturated rings. The third kappa shape index (κ3) is 4.70. The topological polar surface area (TPSA) is 135 Å². The van der Waals surface area contributed by atoms with Crippen molar-refractivity contribution < 1.29 is 27.1 Å². The van der Waals surface area contributed by atoms with Crippen LogP contribution in [0.1, 0.15) is 54.8 Å². The highest BCUT2D eigenvalue weighted by Gasteiger charge is 2.39. The number of rotatable bonds is 6. The van der Waals surface area contributed by atoms with Gasteiger partial charge in [-0.3, -0.25) is 0 Å². The Hall–Kier alpha value is -2.44. The first-order chi connectivity index (χ1) is 16.3. The Labute approximate surface area is 210 Å². The maximum atomic E-state index is 14.3. The van der Waals surface area contributed by atoms with E-state index in [9.17, 15) is 22.7 Å². The number of aromatic nitrogens is 2. The number of aromatic amines is 1. The van der Waals surface area contributed by atoms with E-state index in [1.165, 1.54) is 38.1 Å². The van der Waals surface area contributed by atoms with E-state index in [-0.39, 0.29) is 50.7 Å². The van der Waals surface area contributed by atoms with Gasteiger partial charge in [-0.1, -0.05) is 30.1 Å². The van der Waals surface area contributed by atoms with Crippen LogP contribution in [0, 0.1) is 12.7 Å². The molecular formula is C22H22Cl2FN3O6S. The molecule has 1 aliphatic rings. The number of benzene rings is 2. The van der Waals surface area contributed by atoms with Crippen LogP contribution in [-0.2, 0) is 15.6 Å². The van der Waals surface area contributed by atoms with Gasteiger partial charge in [-0.25, -0.2) is 22.7 Å². The molecule has 0 spiro atoms. The molecule has 3 unspecified atom stereocenters. The lowest BCUT2D eigenvalue weighted by molar-refractivity contribution is 0.0135. The number of H-pyrrole nitrogens is 1. The summed E-state index contributed by atoms with van der Waals surface area (Å²) in [4.78, 5) is 11.4. The molecule has 0 radical (unpaired) electrons. The summed E-state index contributed by atoms with van der Waals surface area (Å²) in [6.07, 6.45) is 0.214. The Morgan fingerprint density at radius 1 is 1.26 bits per heavy atom. The second kappa shape index (κ2) is 9.21. The number of hydrogen-bond donors (Lipinski definition) is 3. The van der Waals surface area contributed by atoms with Crippen molar-refractivity contribution in [3.8, 4) is 5.75 Å². The van der Waals surface area contributed by atoms with Crippen LogP contribution >= 0.6 is 23.2 Å².